The molecule has 0 saturated heterocycles. The maximum Gasteiger partial charge on any atom is 0.128 e. The Morgan fingerprint density at radius 3 is 2.64 bits per heavy atom. The molecular formula is C10H10Cl2N2. The van der Waals surface area contributed by atoms with Gasteiger partial charge in [-0.25, -0.2) is 0 Å². The van der Waals surface area contributed by atoms with Gasteiger partial charge in [-0.1, -0.05) is 41.4 Å². The van der Waals surface area contributed by atoms with Crippen LogP contribution >= 0.6 is 23.2 Å². The van der Waals surface area contributed by atoms with Crippen LogP contribution in [0.2, 0.25) is 5.02 Å². The van der Waals surface area contributed by atoms with Crippen molar-refractivity contribution in [1.29, 1.82) is 0 Å². The van der Waals surface area contributed by atoms with Gasteiger partial charge in [0.05, 0.1) is 6.04 Å². The van der Waals surface area contributed by atoms with Crippen LogP contribution in [0, 0.1) is 0 Å². The van der Waals surface area contributed by atoms with E-state index in [2.05, 4.69) is 5.10 Å². The van der Waals surface area contributed by atoms with Gasteiger partial charge in [0.25, 0.3) is 0 Å². The molecule has 14 heavy (non-hydrogen) atoms. The van der Waals surface area contributed by atoms with Crippen LogP contribution in [0.3, 0.4) is 0 Å². The van der Waals surface area contributed by atoms with E-state index in [0.717, 1.165) is 17.0 Å². The lowest BCUT2D eigenvalue weighted by atomic mass is 10.1. The predicted octanol–water partition coefficient (Wildman–Crippen LogP) is 3.27. The molecule has 0 bridgehead atoms. The fraction of sp³-hybridized carbons (Fsp3) is 0.300. The zero-order valence-electron chi connectivity index (χ0n) is 7.74. The van der Waals surface area contributed by atoms with Gasteiger partial charge < -0.3 is 0 Å². The van der Waals surface area contributed by atoms with Crippen molar-refractivity contribution < 1.29 is 0 Å². The number of hydrogen-bond donors (Lipinski definition) is 0. The van der Waals surface area contributed by atoms with Gasteiger partial charge in [-0.05, 0) is 11.6 Å². The largest absolute Gasteiger partial charge is 0.291 e. The molecule has 2 rings (SSSR count). The summed E-state index contributed by atoms with van der Waals surface area (Å²) in [5.74, 6) is 0. The van der Waals surface area contributed by atoms with E-state index < -0.39 is 0 Å². The molecule has 1 atom stereocenters. The number of rotatable bonds is 1. The van der Waals surface area contributed by atoms with Gasteiger partial charge in [-0.3, -0.25) is 5.01 Å². The monoisotopic (exact) mass is 228 g/mol. The first-order chi connectivity index (χ1) is 6.68. The third-order valence-corrected chi connectivity index (χ3v) is 2.92. The van der Waals surface area contributed by atoms with E-state index in [9.17, 15) is 0 Å². The van der Waals surface area contributed by atoms with Crippen molar-refractivity contribution in [3.05, 3.63) is 34.9 Å². The molecule has 0 amide bonds. The van der Waals surface area contributed by atoms with Crippen molar-refractivity contribution in [2.24, 2.45) is 5.10 Å². The van der Waals surface area contributed by atoms with Crippen molar-refractivity contribution in [2.45, 2.75) is 12.5 Å². The summed E-state index contributed by atoms with van der Waals surface area (Å²) in [5, 5.41) is 7.40. The minimum Gasteiger partial charge on any atom is -0.291 e. The second-order valence-electron chi connectivity index (χ2n) is 3.29. The second kappa shape index (κ2) is 3.79. The molecule has 1 unspecified atom stereocenters. The highest BCUT2D eigenvalue weighted by Gasteiger charge is 2.25. The van der Waals surface area contributed by atoms with Gasteiger partial charge in [-0.2, -0.15) is 5.10 Å². The molecule has 0 fully saturated rings. The summed E-state index contributed by atoms with van der Waals surface area (Å²) in [6, 6.07) is 7.96. The lowest BCUT2D eigenvalue weighted by Crippen LogP contribution is -2.14. The van der Waals surface area contributed by atoms with Crippen LogP contribution < -0.4 is 0 Å². The molecule has 74 valence electrons. The molecule has 1 aromatic carbocycles. The predicted molar refractivity (Wildman–Crippen MR) is 59.9 cm³/mol. The topological polar surface area (TPSA) is 15.6 Å². The van der Waals surface area contributed by atoms with E-state index in [1.54, 1.807) is 0 Å². The Morgan fingerprint density at radius 2 is 2.07 bits per heavy atom. The van der Waals surface area contributed by atoms with Gasteiger partial charge >= 0.3 is 0 Å². The third-order valence-electron chi connectivity index (χ3n) is 2.34. The number of halogens is 2. The standard InChI is InChI=1S/C10H10Cl2N2/c1-14-9(6-10(12)13-14)7-4-2-3-5-8(7)11/h2-5,9H,6H2,1H3. The first-order valence-corrected chi connectivity index (χ1v) is 5.14. The van der Waals surface area contributed by atoms with Crippen LogP contribution in [-0.2, 0) is 0 Å². The number of nitrogens with zero attached hydrogens (tertiary/aromatic N) is 2. The average molecular weight is 229 g/mol. The molecule has 1 aromatic rings. The fourth-order valence-corrected chi connectivity index (χ4v) is 2.16. The molecule has 0 spiro atoms. The Balaban J connectivity index is 2.30. The van der Waals surface area contributed by atoms with Crippen molar-refractivity contribution in [3.8, 4) is 0 Å². The van der Waals surface area contributed by atoms with Gasteiger partial charge in [0.2, 0.25) is 0 Å². The first kappa shape index (κ1) is 9.81. The summed E-state index contributed by atoms with van der Waals surface area (Å²) in [6.07, 6.45) is 0.738. The third kappa shape index (κ3) is 1.72. The fourth-order valence-electron chi connectivity index (χ4n) is 1.63. The summed E-state index contributed by atoms with van der Waals surface area (Å²) < 4.78 is 0. The molecular weight excluding hydrogens is 219 g/mol. The van der Waals surface area contributed by atoms with Crippen LogP contribution in [0.5, 0.6) is 0 Å². The molecule has 0 N–H and O–H groups in total. The van der Waals surface area contributed by atoms with Gasteiger partial charge in [0.15, 0.2) is 0 Å². The van der Waals surface area contributed by atoms with Crippen LogP contribution in [0.15, 0.2) is 29.4 Å². The van der Waals surface area contributed by atoms with Crippen molar-refractivity contribution in [2.75, 3.05) is 7.05 Å². The first-order valence-electron chi connectivity index (χ1n) is 4.38. The molecule has 0 aromatic heterocycles. The molecule has 1 aliphatic heterocycles. The second-order valence-corrected chi connectivity index (χ2v) is 4.13. The van der Waals surface area contributed by atoms with Crippen LogP contribution in [0.4, 0.5) is 0 Å². The van der Waals surface area contributed by atoms with E-state index >= 15 is 0 Å². The number of benzene rings is 1. The zero-order valence-corrected chi connectivity index (χ0v) is 9.26. The summed E-state index contributed by atoms with van der Waals surface area (Å²) in [4.78, 5) is 0. The van der Waals surface area contributed by atoms with Crippen LogP contribution in [-0.4, -0.2) is 17.2 Å². The Bertz CT molecular complexity index is 376. The van der Waals surface area contributed by atoms with Crippen molar-refractivity contribution >= 4 is 28.4 Å². The quantitative estimate of drug-likeness (QED) is 0.721. The maximum atomic E-state index is 6.10. The molecule has 2 nitrogen and oxygen atoms in total. The highest BCUT2D eigenvalue weighted by atomic mass is 35.5. The van der Waals surface area contributed by atoms with E-state index in [4.69, 9.17) is 23.2 Å². The Kier molecular flexibility index (Phi) is 2.66. The Morgan fingerprint density at radius 1 is 1.36 bits per heavy atom. The lowest BCUT2D eigenvalue weighted by molar-refractivity contribution is 0.290. The van der Waals surface area contributed by atoms with E-state index in [0.29, 0.717) is 5.17 Å². The molecule has 0 saturated carbocycles. The number of hydrogen-bond acceptors (Lipinski definition) is 2. The van der Waals surface area contributed by atoms with Crippen molar-refractivity contribution in [3.63, 3.8) is 0 Å². The lowest BCUT2D eigenvalue weighted by Gasteiger charge is -2.19. The highest BCUT2D eigenvalue weighted by Crippen LogP contribution is 2.33. The Hall–Kier alpha value is -0.730. The number of hydrazone groups is 1. The smallest absolute Gasteiger partial charge is 0.128 e. The minimum atomic E-state index is 0.177. The summed E-state index contributed by atoms with van der Waals surface area (Å²) in [6.45, 7) is 0. The Labute approximate surface area is 93.1 Å². The van der Waals surface area contributed by atoms with Crippen LogP contribution in [0.25, 0.3) is 0 Å². The molecule has 1 heterocycles. The maximum absolute atomic E-state index is 6.10. The van der Waals surface area contributed by atoms with E-state index in [1.165, 1.54) is 0 Å². The van der Waals surface area contributed by atoms with Crippen molar-refractivity contribution in [1.82, 2.24) is 5.01 Å². The zero-order chi connectivity index (χ0) is 10.1. The molecule has 1 aliphatic rings. The minimum absolute atomic E-state index is 0.177. The van der Waals surface area contributed by atoms with E-state index in [-0.39, 0.29) is 6.04 Å². The average Bonchev–Trinajstić information content (AvgIpc) is 2.46. The molecule has 4 heteroatoms. The normalized spacial score (nSPS) is 21.2. The summed E-state index contributed by atoms with van der Waals surface area (Å²) in [7, 11) is 1.91. The SMILES string of the molecule is CN1N=C(Cl)CC1c1ccccc1Cl. The summed E-state index contributed by atoms with van der Waals surface area (Å²) >= 11 is 12.0. The molecule has 0 aliphatic carbocycles. The highest BCUT2D eigenvalue weighted by molar-refractivity contribution is 6.65. The molecule has 0 radical (unpaired) electrons. The summed E-state index contributed by atoms with van der Waals surface area (Å²) in [5.41, 5.74) is 1.08. The van der Waals surface area contributed by atoms with Gasteiger partial charge in [0.1, 0.15) is 5.17 Å². The van der Waals surface area contributed by atoms with Gasteiger partial charge in [0, 0.05) is 18.5 Å². The van der Waals surface area contributed by atoms with Gasteiger partial charge in [-0.15, -0.1) is 0 Å². The van der Waals surface area contributed by atoms with Crippen LogP contribution in [0.1, 0.15) is 18.0 Å². The van der Waals surface area contributed by atoms with E-state index in [1.807, 2.05) is 36.3 Å².